The number of pyridine rings is 1. The molecule has 0 aliphatic carbocycles. The van der Waals surface area contributed by atoms with E-state index in [1.165, 1.54) is 0 Å². The Balaban J connectivity index is 2.42. The number of rotatable bonds is 4. The molecule has 0 saturated carbocycles. The van der Waals surface area contributed by atoms with Gasteiger partial charge in [0.15, 0.2) is 0 Å². The van der Waals surface area contributed by atoms with Crippen molar-refractivity contribution in [2.45, 2.75) is 25.2 Å². The highest BCUT2D eigenvalue weighted by molar-refractivity contribution is 9.10. The van der Waals surface area contributed by atoms with Crippen LogP contribution in [-0.4, -0.2) is 10.7 Å². The SMILES string of the molecule is CC(C)(C#N)CCSc1cncc(Br)c1. The van der Waals surface area contributed by atoms with Gasteiger partial charge in [-0.25, -0.2) is 0 Å². The highest BCUT2D eigenvalue weighted by Crippen LogP contribution is 2.26. The molecular weight excluding hydrogens is 272 g/mol. The predicted molar refractivity (Wildman–Crippen MR) is 66.7 cm³/mol. The Morgan fingerprint density at radius 3 is 2.87 bits per heavy atom. The lowest BCUT2D eigenvalue weighted by Gasteiger charge is -2.13. The number of halogens is 1. The zero-order valence-electron chi connectivity index (χ0n) is 8.83. The van der Waals surface area contributed by atoms with Crippen LogP contribution >= 0.6 is 27.7 Å². The summed E-state index contributed by atoms with van der Waals surface area (Å²) in [6.45, 7) is 3.93. The molecule has 4 heteroatoms. The van der Waals surface area contributed by atoms with Crippen molar-refractivity contribution in [2.24, 2.45) is 5.41 Å². The smallest absolute Gasteiger partial charge is 0.0684 e. The van der Waals surface area contributed by atoms with Gasteiger partial charge in [-0.05, 0) is 48.0 Å². The Kier molecular flexibility index (Phi) is 4.62. The van der Waals surface area contributed by atoms with Crippen molar-refractivity contribution in [3.63, 3.8) is 0 Å². The molecule has 1 heterocycles. The number of hydrogen-bond donors (Lipinski definition) is 0. The van der Waals surface area contributed by atoms with Gasteiger partial charge in [-0.2, -0.15) is 5.26 Å². The van der Waals surface area contributed by atoms with Gasteiger partial charge >= 0.3 is 0 Å². The van der Waals surface area contributed by atoms with Crippen LogP contribution in [0.25, 0.3) is 0 Å². The number of nitriles is 1. The zero-order chi connectivity index (χ0) is 11.3. The van der Waals surface area contributed by atoms with Gasteiger partial charge in [0.1, 0.15) is 0 Å². The summed E-state index contributed by atoms with van der Waals surface area (Å²) < 4.78 is 0.993. The Hall–Kier alpha value is -0.530. The van der Waals surface area contributed by atoms with Crippen molar-refractivity contribution < 1.29 is 0 Å². The van der Waals surface area contributed by atoms with Crippen LogP contribution in [0.4, 0.5) is 0 Å². The van der Waals surface area contributed by atoms with E-state index >= 15 is 0 Å². The summed E-state index contributed by atoms with van der Waals surface area (Å²) in [4.78, 5) is 5.22. The van der Waals surface area contributed by atoms with Crippen molar-refractivity contribution in [3.8, 4) is 6.07 Å². The minimum Gasteiger partial charge on any atom is -0.262 e. The lowest BCUT2D eigenvalue weighted by molar-refractivity contribution is 0.482. The molecule has 0 fully saturated rings. The lowest BCUT2D eigenvalue weighted by Crippen LogP contribution is -2.08. The van der Waals surface area contributed by atoms with Crippen LogP contribution in [0.5, 0.6) is 0 Å². The van der Waals surface area contributed by atoms with E-state index < -0.39 is 0 Å². The largest absolute Gasteiger partial charge is 0.262 e. The molecule has 1 aromatic rings. The van der Waals surface area contributed by atoms with E-state index in [1.807, 2.05) is 26.1 Å². The summed E-state index contributed by atoms with van der Waals surface area (Å²) in [5.74, 6) is 0.943. The molecule has 0 bridgehead atoms. The minimum absolute atomic E-state index is 0.230. The van der Waals surface area contributed by atoms with Crippen LogP contribution in [0.2, 0.25) is 0 Å². The van der Waals surface area contributed by atoms with Gasteiger partial charge in [-0.3, -0.25) is 4.98 Å². The molecule has 2 nitrogen and oxygen atoms in total. The van der Waals surface area contributed by atoms with E-state index in [0.717, 1.165) is 21.5 Å². The summed E-state index contributed by atoms with van der Waals surface area (Å²) in [5, 5.41) is 8.86. The van der Waals surface area contributed by atoms with Crippen molar-refractivity contribution >= 4 is 27.7 Å². The van der Waals surface area contributed by atoms with E-state index in [4.69, 9.17) is 5.26 Å². The summed E-state index contributed by atoms with van der Waals surface area (Å²) in [5.41, 5.74) is -0.230. The molecule has 0 aromatic carbocycles. The number of hydrogen-bond acceptors (Lipinski definition) is 3. The average molecular weight is 285 g/mol. The monoisotopic (exact) mass is 284 g/mol. The molecule has 0 spiro atoms. The fourth-order valence-electron chi connectivity index (χ4n) is 0.951. The van der Waals surface area contributed by atoms with E-state index in [9.17, 15) is 0 Å². The third kappa shape index (κ3) is 4.67. The summed E-state index contributed by atoms with van der Waals surface area (Å²) >= 11 is 5.11. The Bertz CT molecular complexity index is 371. The second kappa shape index (κ2) is 5.53. The molecule has 0 saturated heterocycles. The molecular formula is C11H13BrN2S. The first-order chi connectivity index (χ1) is 7.03. The van der Waals surface area contributed by atoms with Crippen molar-refractivity contribution in [1.29, 1.82) is 5.26 Å². The maximum atomic E-state index is 8.86. The van der Waals surface area contributed by atoms with Gasteiger partial charge in [0.05, 0.1) is 11.5 Å². The quantitative estimate of drug-likeness (QED) is 0.788. The summed E-state index contributed by atoms with van der Waals surface area (Å²) in [7, 11) is 0. The molecule has 80 valence electrons. The number of thioether (sulfide) groups is 1. The lowest BCUT2D eigenvalue weighted by atomic mass is 9.93. The van der Waals surface area contributed by atoms with Crippen LogP contribution in [0.15, 0.2) is 27.8 Å². The topological polar surface area (TPSA) is 36.7 Å². The second-order valence-corrected chi connectivity index (χ2v) is 6.02. The summed E-state index contributed by atoms with van der Waals surface area (Å²) in [6, 6.07) is 4.34. The predicted octanol–water partition coefficient (Wildman–Crippen LogP) is 3.88. The Morgan fingerprint density at radius 2 is 2.27 bits per heavy atom. The molecule has 0 aliphatic rings. The first kappa shape index (κ1) is 12.5. The Labute approximate surface area is 103 Å². The Morgan fingerprint density at radius 1 is 1.53 bits per heavy atom. The number of aromatic nitrogens is 1. The van der Waals surface area contributed by atoms with Crippen LogP contribution in [0.1, 0.15) is 20.3 Å². The highest BCUT2D eigenvalue weighted by atomic mass is 79.9. The number of nitrogens with zero attached hydrogens (tertiary/aromatic N) is 2. The van der Waals surface area contributed by atoms with Gasteiger partial charge < -0.3 is 0 Å². The van der Waals surface area contributed by atoms with E-state index in [0.29, 0.717) is 0 Å². The molecule has 15 heavy (non-hydrogen) atoms. The van der Waals surface area contributed by atoms with E-state index in [-0.39, 0.29) is 5.41 Å². The normalized spacial score (nSPS) is 11.1. The zero-order valence-corrected chi connectivity index (χ0v) is 11.2. The van der Waals surface area contributed by atoms with Crippen LogP contribution in [0.3, 0.4) is 0 Å². The van der Waals surface area contributed by atoms with Crippen molar-refractivity contribution in [3.05, 3.63) is 22.9 Å². The second-order valence-electron chi connectivity index (χ2n) is 3.93. The van der Waals surface area contributed by atoms with Crippen LogP contribution < -0.4 is 0 Å². The first-order valence-corrected chi connectivity index (χ1v) is 6.46. The third-order valence-electron chi connectivity index (χ3n) is 1.98. The van der Waals surface area contributed by atoms with Gasteiger partial charge in [0, 0.05) is 21.8 Å². The first-order valence-electron chi connectivity index (χ1n) is 4.68. The van der Waals surface area contributed by atoms with Gasteiger partial charge in [0.25, 0.3) is 0 Å². The average Bonchev–Trinajstić information content (AvgIpc) is 2.18. The molecule has 0 N–H and O–H groups in total. The molecule has 0 unspecified atom stereocenters. The van der Waals surface area contributed by atoms with Crippen molar-refractivity contribution in [2.75, 3.05) is 5.75 Å². The van der Waals surface area contributed by atoms with Crippen LogP contribution in [0, 0.1) is 16.7 Å². The van der Waals surface area contributed by atoms with Gasteiger partial charge in [-0.15, -0.1) is 11.8 Å². The molecule has 0 aliphatic heterocycles. The molecule has 0 radical (unpaired) electrons. The van der Waals surface area contributed by atoms with E-state index in [1.54, 1.807) is 18.0 Å². The summed E-state index contributed by atoms with van der Waals surface area (Å²) in [6.07, 6.45) is 4.50. The highest BCUT2D eigenvalue weighted by Gasteiger charge is 2.15. The van der Waals surface area contributed by atoms with Crippen molar-refractivity contribution in [1.82, 2.24) is 4.98 Å². The van der Waals surface area contributed by atoms with Gasteiger partial charge in [-0.1, -0.05) is 0 Å². The minimum atomic E-state index is -0.230. The molecule has 0 amide bonds. The molecule has 0 atom stereocenters. The van der Waals surface area contributed by atoms with Gasteiger partial charge in [0.2, 0.25) is 0 Å². The fraction of sp³-hybridized carbons (Fsp3) is 0.455. The third-order valence-corrected chi connectivity index (χ3v) is 3.38. The maximum absolute atomic E-state index is 8.86. The molecule has 1 aromatic heterocycles. The van der Waals surface area contributed by atoms with Crippen LogP contribution in [-0.2, 0) is 0 Å². The maximum Gasteiger partial charge on any atom is 0.0684 e. The standard InChI is InChI=1S/C11H13BrN2S/c1-11(2,8-13)3-4-15-10-5-9(12)6-14-7-10/h5-7H,3-4H2,1-2H3. The molecule has 1 rings (SSSR count). The van der Waals surface area contributed by atoms with E-state index in [2.05, 4.69) is 27.0 Å². The fourth-order valence-corrected chi connectivity index (χ4v) is 2.66.